The summed E-state index contributed by atoms with van der Waals surface area (Å²) in [6.07, 6.45) is 5.20. The van der Waals surface area contributed by atoms with Gasteiger partial charge in [0.2, 0.25) is 5.91 Å². The van der Waals surface area contributed by atoms with Gasteiger partial charge in [-0.05, 0) is 70.0 Å². The molecule has 3 fully saturated rings. The zero-order valence-corrected chi connectivity index (χ0v) is 15.3. The van der Waals surface area contributed by atoms with E-state index in [2.05, 4.69) is 4.90 Å². The summed E-state index contributed by atoms with van der Waals surface area (Å²) in [5, 5.41) is 18.3. The zero-order chi connectivity index (χ0) is 18.7. The van der Waals surface area contributed by atoms with Crippen LogP contribution in [0.4, 0.5) is 0 Å². The van der Waals surface area contributed by atoms with Gasteiger partial charge in [0.25, 0.3) is 0 Å². The van der Waals surface area contributed by atoms with Gasteiger partial charge in [-0.15, -0.1) is 0 Å². The molecule has 0 aromatic rings. The molecule has 0 radical (unpaired) electrons. The van der Waals surface area contributed by atoms with Gasteiger partial charge >= 0.3 is 11.9 Å². The van der Waals surface area contributed by atoms with Gasteiger partial charge in [-0.2, -0.15) is 0 Å². The van der Waals surface area contributed by atoms with E-state index >= 15 is 0 Å². The van der Waals surface area contributed by atoms with Crippen LogP contribution in [0.5, 0.6) is 0 Å². The van der Waals surface area contributed by atoms with Gasteiger partial charge in [-0.25, -0.2) is 0 Å². The van der Waals surface area contributed by atoms with Gasteiger partial charge < -0.3 is 20.0 Å². The van der Waals surface area contributed by atoms with E-state index in [0.29, 0.717) is 25.9 Å². The normalized spacial score (nSPS) is 28.1. The van der Waals surface area contributed by atoms with Crippen molar-refractivity contribution in [2.75, 3.05) is 32.7 Å². The topological polar surface area (TPSA) is 98.2 Å². The van der Waals surface area contributed by atoms with Crippen molar-refractivity contribution in [2.45, 2.75) is 44.9 Å². The first kappa shape index (κ1) is 19.1. The number of hydrogen-bond acceptors (Lipinski definition) is 4. The minimum atomic E-state index is -0.760. The van der Waals surface area contributed by atoms with Crippen LogP contribution in [-0.4, -0.2) is 70.6 Å². The van der Waals surface area contributed by atoms with Crippen LogP contribution in [-0.2, 0) is 14.4 Å². The molecule has 3 aliphatic rings. The van der Waals surface area contributed by atoms with Crippen molar-refractivity contribution in [1.29, 1.82) is 0 Å². The summed E-state index contributed by atoms with van der Waals surface area (Å²) >= 11 is 0. The van der Waals surface area contributed by atoms with Crippen molar-refractivity contribution in [2.24, 2.45) is 23.7 Å². The first-order valence-corrected chi connectivity index (χ1v) is 9.89. The van der Waals surface area contributed by atoms with Crippen LogP contribution in [0.3, 0.4) is 0 Å². The lowest BCUT2D eigenvalue weighted by molar-refractivity contribution is -0.143. The Morgan fingerprint density at radius 2 is 1.54 bits per heavy atom. The molecule has 0 aromatic carbocycles. The summed E-state index contributed by atoms with van der Waals surface area (Å²) in [5.74, 6) is -0.871. The predicted octanol–water partition coefficient (Wildman–Crippen LogP) is 1.52. The van der Waals surface area contributed by atoms with Crippen LogP contribution in [0.25, 0.3) is 0 Å². The fourth-order valence-corrected chi connectivity index (χ4v) is 4.44. The summed E-state index contributed by atoms with van der Waals surface area (Å²) < 4.78 is 0. The minimum absolute atomic E-state index is 0.132. The van der Waals surface area contributed by atoms with Crippen LogP contribution in [0.2, 0.25) is 0 Å². The highest BCUT2D eigenvalue weighted by Gasteiger charge is 2.38. The van der Waals surface area contributed by atoms with Crippen molar-refractivity contribution in [1.82, 2.24) is 9.80 Å². The Morgan fingerprint density at radius 3 is 2.12 bits per heavy atom. The Kier molecular flexibility index (Phi) is 6.16. The maximum atomic E-state index is 12.4. The molecule has 1 saturated carbocycles. The lowest BCUT2D eigenvalue weighted by Gasteiger charge is -2.39. The fourth-order valence-electron chi connectivity index (χ4n) is 4.44. The highest BCUT2D eigenvalue weighted by molar-refractivity contribution is 5.81. The van der Waals surface area contributed by atoms with E-state index in [1.165, 1.54) is 0 Å². The van der Waals surface area contributed by atoms with E-state index in [1.807, 2.05) is 4.90 Å². The van der Waals surface area contributed by atoms with E-state index in [1.54, 1.807) is 0 Å². The van der Waals surface area contributed by atoms with Crippen molar-refractivity contribution in [3.8, 4) is 0 Å². The fraction of sp³-hybridized carbons (Fsp3) is 0.842. The Bertz CT molecular complexity index is 540. The number of carboxylic acids is 2. The number of aliphatic carboxylic acids is 2. The molecule has 0 bridgehead atoms. The van der Waals surface area contributed by atoms with Crippen molar-refractivity contribution in [3.63, 3.8) is 0 Å². The number of hydrogen-bond donors (Lipinski definition) is 2. The first-order valence-electron chi connectivity index (χ1n) is 9.89. The molecular formula is C19H30N2O5. The number of rotatable bonds is 7. The highest BCUT2D eigenvalue weighted by atomic mass is 16.4. The number of carboxylic acid groups (broad SMARTS) is 2. The Morgan fingerprint density at radius 1 is 0.846 bits per heavy atom. The number of likely N-dealkylation sites (tertiary alicyclic amines) is 2. The van der Waals surface area contributed by atoms with Crippen molar-refractivity contribution in [3.05, 3.63) is 0 Å². The number of carbonyl (C=O) groups is 3. The van der Waals surface area contributed by atoms with Gasteiger partial charge in [0, 0.05) is 25.4 Å². The molecule has 7 heteroatoms. The number of piperidine rings is 2. The van der Waals surface area contributed by atoms with Gasteiger partial charge in [-0.3, -0.25) is 14.4 Å². The Balaban J connectivity index is 1.52. The van der Waals surface area contributed by atoms with Crippen molar-refractivity contribution >= 4 is 17.8 Å². The lowest BCUT2D eigenvalue weighted by Crippen LogP contribution is -2.46. The number of nitrogens with zero attached hydrogens (tertiary/aromatic N) is 2. The molecule has 0 aromatic heterocycles. The maximum absolute atomic E-state index is 12.4. The molecule has 2 heterocycles. The van der Waals surface area contributed by atoms with Gasteiger partial charge in [0.1, 0.15) is 0 Å². The molecule has 2 saturated heterocycles. The third-order valence-corrected chi connectivity index (χ3v) is 6.32. The predicted molar refractivity (Wildman–Crippen MR) is 94.6 cm³/mol. The number of carbonyl (C=O) groups excluding carboxylic acids is 1. The SMILES string of the molecule is O=C(O)C[C@@H]1CCN(C(=O)C2CC2)C[C@@H]1CCN1CCC(C(=O)O)CC1. The molecule has 7 nitrogen and oxygen atoms in total. The second-order valence-electron chi connectivity index (χ2n) is 8.21. The van der Waals surface area contributed by atoms with Crippen LogP contribution >= 0.6 is 0 Å². The molecule has 26 heavy (non-hydrogen) atoms. The van der Waals surface area contributed by atoms with Crippen molar-refractivity contribution < 1.29 is 24.6 Å². The average molecular weight is 366 g/mol. The average Bonchev–Trinajstić information content (AvgIpc) is 3.45. The molecule has 0 spiro atoms. The standard InChI is InChI=1S/C19H30N2O5/c22-17(23)11-15-6-10-21(18(24)13-1-2-13)12-16(15)5-9-20-7-3-14(4-8-20)19(25)26/h13-16H,1-12H2,(H,22,23)(H,25,26)/t15-,16-/m0/s1. The minimum Gasteiger partial charge on any atom is -0.481 e. The molecular weight excluding hydrogens is 336 g/mol. The van der Waals surface area contributed by atoms with Gasteiger partial charge in [0.15, 0.2) is 0 Å². The Labute approximate surface area is 154 Å². The largest absolute Gasteiger partial charge is 0.481 e. The molecule has 2 N–H and O–H groups in total. The Hall–Kier alpha value is -1.63. The maximum Gasteiger partial charge on any atom is 0.306 e. The van der Waals surface area contributed by atoms with Gasteiger partial charge in [-0.1, -0.05) is 0 Å². The van der Waals surface area contributed by atoms with E-state index in [0.717, 1.165) is 45.3 Å². The van der Waals surface area contributed by atoms with Gasteiger partial charge in [0.05, 0.1) is 5.92 Å². The van der Waals surface area contributed by atoms with Crippen LogP contribution in [0.1, 0.15) is 44.9 Å². The quantitative estimate of drug-likeness (QED) is 0.709. The van der Waals surface area contributed by atoms with Crippen LogP contribution < -0.4 is 0 Å². The van der Waals surface area contributed by atoms with E-state index in [-0.39, 0.29) is 36.0 Å². The number of amides is 1. The first-order chi connectivity index (χ1) is 12.4. The third kappa shape index (κ3) is 4.96. The lowest BCUT2D eigenvalue weighted by atomic mass is 9.80. The molecule has 2 aliphatic heterocycles. The third-order valence-electron chi connectivity index (χ3n) is 6.32. The second-order valence-corrected chi connectivity index (χ2v) is 8.21. The summed E-state index contributed by atoms with van der Waals surface area (Å²) in [6.45, 7) is 3.81. The van der Waals surface area contributed by atoms with Crippen LogP contribution in [0.15, 0.2) is 0 Å². The molecule has 146 valence electrons. The van der Waals surface area contributed by atoms with E-state index in [4.69, 9.17) is 5.11 Å². The summed E-state index contributed by atoms with van der Waals surface area (Å²) in [5.41, 5.74) is 0. The van der Waals surface area contributed by atoms with E-state index in [9.17, 15) is 19.5 Å². The smallest absolute Gasteiger partial charge is 0.306 e. The molecule has 2 atom stereocenters. The molecule has 1 amide bonds. The monoisotopic (exact) mass is 366 g/mol. The summed E-state index contributed by atoms with van der Waals surface area (Å²) in [4.78, 5) is 38.9. The summed E-state index contributed by atoms with van der Waals surface area (Å²) in [7, 11) is 0. The molecule has 3 rings (SSSR count). The zero-order valence-electron chi connectivity index (χ0n) is 15.3. The molecule has 0 unspecified atom stereocenters. The second kappa shape index (κ2) is 8.37. The summed E-state index contributed by atoms with van der Waals surface area (Å²) in [6, 6.07) is 0. The highest BCUT2D eigenvalue weighted by Crippen LogP contribution is 2.35. The molecule has 1 aliphatic carbocycles. The van der Waals surface area contributed by atoms with E-state index < -0.39 is 11.9 Å². The van der Waals surface area contributed by atoms with Crippen LogP contribution in [0, 0.1) is 23.7 Å².